The van der Waals surface area contributed by atoms with Gasteiger partial charge in [-0.05, 0) is 38.6 Å². The van der Waals surface area contributed by atoms with Gasteiger partial charge >= 0.3 is 0 Å². The first-order valence-corrected chi connectivity index (χ1v) is 7.36. The molecule has 0 bridgehead atoms. The van der Waals surface area contributed by atoms with Crippen molar-refractivity contribution in [3.8, 4) is 0 Å². The number of aromatic nitrogens is 3. The fourth-order valence-electron chi connectivity index (χ4n) is 2.44. The van der Waals surface area contributed by atoms with Crippen molar-refractivity contribution in [2.45, 2.75) is 32.4 Å². The lowest BCUT2D eigenvalue weighted by Crippen LogP contribution is -2.22. The molecule has 2 rings (SSSR count). The van der Waals surface area contributed by atoms with Gasteiger partial charge < -0.3 is 10.2 Å². The first-order valence-electron chi connectivity index (χ1n) is 7.36. The smallest absolute Gasteiger partial charge is 0.138 e. The average Bonchev–Trinajstić information content (AvgIpc) is 2.93. The molecule has 0 amide bonds. The molecule has 2 aromatic rings. The molecule has 0 aliphatic heterocycles. The highest BCUT2D eigenvalue weighted by atomic mass is 15.3. The molecule has 1 unspecified atom stereocenters. The van der Waals surface area contributed by atoms with E-state index in [2.05, 4.69) is 72.5 Å². The van der Waals surface area contributed by atoms with Gasteiger partial charge in [0.2, 0.25) is 0 Å². The quantitative estimate of drug-likeness (QED) is 0.886. The standard InChI is InChI=1S/C16H25N5/c1-12(2)21-16(18-11-19-21)10-15(17-3)13-7-6-8-14(9-13)20(4)5/h6-9,11-12,15,17H,10H2,1-5H3. The summed E-state index contributed by atoms with van der Waals surface area (Å²) >= 11 is 0. The first kappa shape index (κ1) is 15.5. The van der Waals surface area contributed by atoms with E-state index in [4.69, 9.17) is 0 Å². The SMILES string of the molecule is CNC(Cc1ncnn1C(C)C)c1cccc(N(C)C)c1. The van der Waals surface area contributed by atoms with Crippen LogP contribution in [-0.4, -0.2) is 35.9 Å². The predicted molar refractivity (Wildman–Crippen MR) is 86.7 cm³/mol. The van der Waals surface area contributed by atoms with Crippen LogP contribution >= 0.6 is 0 Å². The highest BCUT2D eigenvalue weighted by Gasteiger charge is 2.16. The molecule has 1 heterocycles. The molecule has 0 saturated heterocycles. The van der Waals surface area contributed by atoms with Crippen molar-refractivity contribution in [3.63, 3.8) is 0 Å². The minimum absolute atomic E-state index is 0.228. The maximum absolute atomic E-state index is 4.41. The van der Waals surface area contributed by atoms with E-state index in [9.17, 15) is 0 Å². The van der Waals surface area contributed by atoms with Crippen LogP contribution in [0.3, 0.4) is 0 Å². The van der Waals surface area contributed by atoms with Crippen LogP contribution in [0.15, 0.2) is 30.6 Å². The number of likely N-dealkylation sites (N-methyl/N-ethyl adjacent to an activating group) is 1. The second-order valence-corrected chi connectivity index (χ2v) is 5.75. The topological polar surface area (TPSA) is 46.0 Å². The van der Waals surface area contributed by atoms with Crippen molar-refractivity contribution >= 4 is 5.69 Å². The summed E-state index contributed by atoms with van der Waals surface area (Å²) in [6.07, 6.45) is 2.46. The lowest BCUT2D eigenvalue weighted by Gasteiger charge is -2.20. The summed E-state index contributed by atoms with van der Waals surface area (Å²) < 4.78 is 1.99. The van der Waals surface area contributed by atoms with Crippen LogP contribution in [0.1, 0.15) is 37.3 Å². The Bertz CT molecular complexity index is 574. The summed E-state index contributed by atoms with van der Waals surface area (Å²) in [7, 11) is 6.11. The Hall–Kier alpha value is -1.88. The Labute approximate surface area is 127 Å². The van der Waals surface area contributed by atoms with Crippen molar-refractivity contribution in [2.24, 2.45) is 0 Å². The van der Waals surface area contributed by atoms with Crippen molar-refractivity contribution in [1.82, 2.24) is 20.1 Å². The molecule has 5 heteroatoms. The Morgan fingerprint density at radius 1 is 1.29 bits per heavy atom. The predicted octanol–water partition coefficient (Wildman–Crippen LogP) is 2.43. The minimum Gasteiger partial charge on any atom is -0.378 e. The van der Waals surface area contributed by atoms with Crippen molar-refractivity contribution in [1.29, 1.82) is 0 Å². The van der Waals surface area contributed by atoms with Crippen LogP contribution < -0.4 is 10.2 Å². The maximum Gasteiger partial charge on any atom is 0.138 e. The van der Waals surface area contributed by atoms with Crippen LogP contribution in [0, 0.1) is 0 Å². The molecule has 0 fully saturated rings. The molecule has 1 atom stereocenters. The monoisotopic (exact) mass is 287 g/mol. The van der Waals surface area contributed by atoms with E-state index in [1.807, 2.05) is 11.7 Å². The summed E-state index contributed by atoms with van der Waals surface area (Å²) in [4.78, 5) is 6.53. The molecule has 5 nitrogen and oxygen atoms in total. The van der Waals surface area contributed by atoms with Crippen molar-refractivity contribution in [2.75, 3.05) is 26.0 Å². The molecule has 1 aromatic heterocycles. The number of benzene rings is 1. The van der Waals surface area contributed by atoms with Gasteiger partial charge in [0.25, 0.3) is 0 Å². The Morgan fingerprint density at radius 3 is 2.67 bits per heavy atom. The second-order valence-electron chi connectivity index (χ2n) is 5.75. The van der Waals surface area contributed by atoms with Crippen LogP contribution in [0.2, 0.25) is 0 Å². The zero-order chi connectivity index (χ0) is 15.4. The van der Waals surface area contributed by atoms with Gasteiger partial charge in [-0.3, -0.25) is 0 Å². The summed E-state index contributed by atoms with van der Waals surface area (Å²) in [5, 5.41) is 7.70. The lowest BCUT2D eigenvalue weighted by atomic mass is 10.0. The Balaban J connectivity index is 2.24. The van der Waals surface area contributed by atoms with Crippen LogP contribution in [0.4, 0.5) is 5.69 Å². The zero-order valence-electron chi connectivity index (χ0n) is 13.5. The van der Waals surface area contributed by atoms with Gasteiger partial charge in [0.05, 0.1) is 0 Å². The normalized spacial score (nSPS) is 12.7. The van der Waals surface area contributed by atoms with Gasteiger partial charge in [-0.15, -0.1) is 0 Å². The Kier molecular flexibility index (Phi) is 4.96. The van der Waals surface area contributed by atoms with Crippen LogP contribution in [-0.2, 0) is 6.42 Å². The number of hydrogen-bond acceptors (Lipinski definition) is 4. The van der Waals surface area contributed by atoms with E-state index in [1.165, 1.54) is 11.3 Å². The van der Waals surface area contributed by atoms with Gasteiger partial charge in [-0.2, -0.15) is 5.10 Å². The molecular weight excluding hydrogens is 262 g/mol. The van der Waals surface area contributed by atoms with Gasteiger partial charge in [-0.1, -0.05) is 12.1 Å². The number of anilines is 1. The molecule has 0 aliphatic rings. The van der Waals surface area contributed by atoms with Gasteiger partial charge in [-0.25, -0.2) is 9.67 Å². The first-order chi connectivity index (χ1) is 10.0. The summed E-state index contributed by atoms with van der Waals surface area (Å²) in [6, 6.07) is 9.15. The van der Waals surface area contributed by atoms with Crippen LogP contribution in [0.5, 0.6) is 0 Å². The molecule has 0 spiro atoms. The summed E-state index contributed by atoms with van der Waals surface area (Å²) in [5.74, 6) is 1.01. The van der Waals surface area contributed by atoms with E-state index < -0.39 is 0 Å². The van der Waals surface area contributed by atoms with Crippen molar-refractivity contribution in [3.05, 3.63) is 42.0 Å². The molecule has 1 aromatic carbocycles. The average molecular weight is 287 g/mol. The van der Waals surface area contributed by atoms with Crippen molar-refractivity contribution < 1.29 is 0 Å². The third kappa shape index (κ3) is 3.61. The number of nitrogens with one attached hydrogen (secondary N) is 1. The molecule has 0 radical (unpaired) electrons. The number of rotatable bonds is 6. The highest BCUT2D eigenvalue weighted by Crippen LogP contribution is 2.22. The third-order valence-corrected chi connectivity index (χ3v) is 3.66. The number of nitrogens with zero attached hydrogens (tertiary/aromatic N) is 4. The van der Waals surface area contributed by atoms with E-state index in [0.29, 0.717) is 6.04 Å². The van der Waals surface area contributed by atoms with Crippen LogP contribution in [0.25, 0.3) is 0 Å². The van der Waals surface area contributed by atoms with E-state index in [1.54, 1.807) is 6.33 Å². The maximum atomic E-state index is 4.41. The van der Waals surface area contributed by atoms with Gasteiger partial charge in [0.1, 0.15) is 12.2 Å². The molecule has 0 aliphatic carbocycles. The van der Waals surface area contributed by atoms with E-state index in [-0.39, 0.29) is 6.04 Å². The molecule has 21 heavy (non-hydrogen) atoms. The van der Waals surface area contributed by atoms with E-state index in [0.717, 1.165) is 12.2 Å². The largest absolute Gasteiger partial charge is 0.378 e. The van der Waals surface area contributed by atoms with Gasteiger partial charge in [0, 0.05) is 38.3 Å². The fraction of sp³-hybridized carbons (Fsp3) is 0.500. The third-order valence-electron chi connectivity index (χ3n) is 3.66. The second kappa shape index (κ2) is 6.72. The lowest BCUT2D eigenvalue weighted by molar-refractivity contribution is 0.478. The van der Waals surface area contributed by atoms with E-state index >= 15 is 0 Å². The van der Waals surface area contributed by atoms with Gasteiger partial charge in [0.15, 0.2) is 0 Å². The zero-order valence-corrected chi connectivity index (χ0v) is 13.5. The Morgan fingerprint density at radius 2 is 2.05 bits per heavy atom. The fourth-order valence-corrected chi connectivity index (χ4v) is 2.44. The molecular formula is C16H25N5. The molecule has 0 saturated carbocycles. The molecule has 1 N–H and O–H groups in total. The summed E-state index contributed by atoms with van der Waals surface area (Å²) in [6.45, 7) is 4.25. The molecule has 114 valence electrons. The highest BCUT2D eigenvalue weighted by molar-refractivity contribution is 5.47. The summed E-state index contributed by atoms with van der Waals surface area (Å²) in [5.41, 5.74) is 2.47. The number of hydrogen-bond donors (Lipinski definition) is 1. The minimum atomic E-state index is 0.228.